The van der Waals surface area contributed by atoms with Gasteiger partial charge in [-0.25, -0.2) is 9.97 Å². The standard InChI is InChI=1S/C18H25N3/c1-6-8-13-9-7-10-14(11-13)15-12-16(19-5)21-17(20-15)18(2,3)4/h7,9-12H,6,8H2,1-5H3,(H,19,20,21). The zero-order valence-corrected chi connectivity index (χ0v) is 13.7. The maximum Gasteiger partial charge on any atom is 0.136 e. The SMILES string of the molecule is CCCc1cccc(-c2cc(NC)nc(C(C)(C)C)n2)c1. The van der Waals surface area contributed by atoms with Crippen LogP contribution in [-0.4, -0.2) is 17.0 Å². The molecule has 1 heterocycles. The summed E-state index contributed by atoms with van der Waals surface area (Å²) < 4.78 is 0. The molecule has 1 N–H and O–H groups in total. The van der Waals surface area contributed by atoms with Crippen molar-refractivity contribution in [2.24, 2.45) is 0 Å². The third-order valence-corrected chi connectivity index (χ3v) is 3.41. The number of benzene rings is 1. The number of anilines is 1. The molecule has 0 amide bonds. The summed E-state index contributed by atoms with van der Waals surface area (Å²) in [6, 6.07) is 10.7. The maximum atomic E-state index is 4.77. The van der Waals surface area contributed by atoms with Crippen molar-refractivity contribution in [3.63, 3.8) is 0 Å². The quantitative estimate of drug-likeness (QED) is 0.901. The Morgan fingerprint density at radius 1 is 1.10 bits per heavy atom. The molecule has 0 aliphatic rings. The number of rotatable bonds is 4. The lowest BCUT2D eigenvalue weighted by Gasteiger charge is -2.18. The lowest BCUT2D eigenvalue weighted by Crippen LogP contribution is -2.17. The highest BCUT2D eigenvalue weighted by atomic mass is 15.0. The molecule has 0 spiro atoms. The Balaban J connectivity index is 2.50. The second-order valence-corrected chi connectivity index (χ2v) is 6.41. The molecule has 3 heteroatoms. The fourth-order valence-electron chi connectivity index (χ4n) is 2.23. The molecule has 1 aromatic heterocycles. The van der Waals surface area contributed by atoms with Gasteiger partial charge >= 0.3 is 0 Å². The largest absolute Gasteiger partial charge is 0.373 e. The minimum Gasteiger partial charge on any atom is -0.373 e. The summed E-state index contributed by atoms with van der Waals surface area (Å²) in [7, 11) is 1.89. The van der Waals surface area contributed by atoms with Crippen LogP contribution in [0.25, 0.3) is 11.3 Å². The van der Waals surface area contributed by atoms with Crippen molar-refractivity contribution in [2.45, 2.75) is 46.0 Å². The topological polar surface area (TPSA) is 37.8 Å². The number of aryl methyl sites for hydroxylation is 1. The number of nitrogens with zero attached hydrogens (tertiary/aromatic N) is 2. The van der Waals surface area contributed by atoms with Gasteiger partial charge in [-0.3, -0.25) is 0 Å². The van der Waals surface area contributed by atoms with Gasteiger partial charge in [-0.1, -0.05) is 52.3 Å². The van der Waals surface area contributed by atoms with E-state index < -0.39 is 0 Å². The van der Waals surface area contributed by atoms with Crippen LogP contribution >= 0.6 is 0 Å². The first-order chi connectivity index (χ1) is 9.94. The summed E-state index contributed by atoms with van der Waals surface area (Å²) in [5.74, 6) is 1.73. The van der Waals surface area contributed by atoms with Gasteiger partial charge in [-0.05, 0) is 18.1 Å². The Morgan fingerprint density at radius 3 is 2.48 bits per heavy atom. The molecule has 2 aromatic rings. The van der Waals surface area contributed by atoms with Crippen molar-refractivity contribution in [3.8, 4) is 11.3 Å². The summed E-state index contributed by atoms with van der Waals surface area (Å²) >= 11 is 0. The van der Waals surface area contributed by atoms with E-state index in [9.17, 15) is 0 Å². The first-order valence-electron chi connectivity index (χ1n) is 7.60. The summed E-state index contributed by atoms with van der Waals surface area (Å²) in [5, 5.41) is 3.14. The van der Waals surface area contributed by atoms with Crippen molar-refractivity contribution < 1.29 is 0 Å². The van der Waals surface area contributed by atoms with E-state index in [2.05, 4.69) is 62.3 Å². The minimum atomic E-state index is -0.0668. The van der Waals surface area contributed by atoms with Gasteiger partial charge in [0.2, 0.25) is 0 Å². The number of hydrogen-bond donors (Lipinski definition) is 1. The lowest BCUT2D eigenvalue weighted by atomic mass is 9.95. The summed E-state index contributed by atoms with van der Waals surface area (Å²) in [6.45, 7) is 8.62. The molecule has 1 aromatic carbocycles. The molecule has 21 heavy (non-hydrogen) atoms. The van der Waals surface area contributed by atoms with Crippen LogP contribution in [0.4, 0.5) is 5.82 Å². The third-order valence-electron chi connectivity index (χ3n) is 3.41. The summed E-state index contributed by atoms with van der Waals surface area (Å²) in [6.07, 6.45) is 2.26. The first kappa shape index (κ1) is 15.5. The normalized spacial score (nSPS) is 11.5. The van der Waals surface area contributed by atoms with Crippen molar-refractivity contribution in [3.05, 3.63) is 41.7 Å². The first-order valence-corrected chi connectivity index (χ1v) is 7.60. The van der Waals surface area contributed by atoms with Crippen LogP contribution in [0.2, 0.25) is 0 Å². The Kier molecular flexibility index (Phi) is 4.61. The van der Waals surface area contributed by atoms with Gasteiger partial charge in [0, 0.05) is 24.1 Å². The number of hydrogen-bond acceptors (Lipinski definition) is 3. The maximum absolute atomic E-state index is 4.77. The Labute approximate surface area is 127 Å². The lowest BCUT2D eigenvalue weighted by molar-refractivity contribution is 0.547. The van der Waals surface area contributed by atoms with Crippen LogP contribution in [0, 0.1) is 0 Å². The van der Waals surface area contributed by atoms with Crippen LogP contribution in [-0.2, 0) is 11.8 Å². The van der Waals surface area contributed by atoms with Crippen LogP contribution in [0.5, 0.6) is 0 Å². The van der Waals surface area contributed by atoms with E-state index in [4.69, 9.17) is 4.98 Å². The average Bonchev–Trinajstić information content (AvgIpc) is 2.46. The molecule has 0 saturated carbocycles. The molecule has 0 radical (unpaired) electrons. The summed E-state index contributed by atoms with van der Waals surface area (Å²) in [4.78, 5) is 9.36. The zero-order valence-electron chi connectivity index (χ0n) is 13.7. The molecule has 0 unspecified atom stereocenters. The van der Waals surface area contributed by atoms with Gasteiger partial charge in [0.25, 0.3) is 0 Å². The molecule has 2 rings (SSSR count). The summed E-state index contributed by atoms with van der Waals surface area (Å²) in [5.41, 5.74) is 3.43. The van der Waals surface area contributed by atoms with Gasteiger partial charge in [-0.2, -0.15) is 0 Å². The van der Waals surface area contributed by atoms with E-state index in [-0.39, 0.29) is 5.41 Å². The zero-order chi connectivity index (χ0) is 15.5. The molecule has 0 aliphatic carbocycles. The highest BCUT2D eigenvalue weighted by Gasteiger charge is 2.19. The third kappa shape index (κ3) is 3.81. The Bertz CT molecular complexity index is 612. The van der Waals surface area contributed by atoms with E-state index in [0.717, 1.165) is 35.7 Å². The molecule has 3 nitrogen and oxygen atoms in total. The van der Waals surface area contributed by atoms with Crippen molar-refractivity contribution in [2.75, 3.05) is 12.4 Å². The predicted octanol–water partition coefficient (Wildman–Crippen LogP) is 4.44. The van der Waals surface area contributed by atoms with Crippen molar-refractivity contribution >= 4 is 5.82 Å². The van der Waals surface area contributed by atoms with Gasteiger partial charge in [0.05, 0.1) is 5.69 Å². The fourth-order valence-corrected chi connectivity index (χ4v) is 2.23. The highest BCUT2D eigenvalue weighted by molar-refractivity contribution is 5.63. The van der Waals surface area contributed by atoms with E-state index in [1.165, 1.54) is 5.56 Å². The Morgan fingerprint density at radius 2 is 1.86 bits per heavy atom. The monoisotopic (exact) mass is 283 g/mol. The second-order valence-electron chi connectivity index (χ2n) is 6.41. The number of nitrogens with one attached hydrogen (secondary N) is 1. The van der Waals surface area contributed by atoms with E-state index in [0.29, 0.717) is 0 Å². The predicted molar refractivity (Wildman–Crippen MR) is 89.7 cm³/mol. The molecule has 0 bridgehead atoms. The molecule has 0 fully saturated rings. The van der Waals surface area contributed by atoms with Gasteiger partial charge < -0.3 is 5.32 Å². The van der Waals surface area contributed by atoms with Gasteiger partial charge in [-0.15, -0.1) is 0 Å². The van der Waals surface area contributed by atoms with Crippen molar-refractivity contribution in [1.29, 1.82) is 0 Å². The highest BCUT2D eigenvalue weighted by Crippen LogP contribution is 2.26. The van der Waals surface area contributed by atoms with E-state index in [1.54, 1.807) is 0 Å². The molecule has 112 valence electrons. The van der Waals surface area contributed by atoms with Crippen molar-refractivity contribution in [1.82, 2.24) is 9.97 Å². The molecular weight excluding hydrogens is 258 g/mol. The van der Waals surface area contributed by atoms with Crippen LogP contribution in [0.1, 0.15) is 45.5 Å². The molecular formula is C18H25N3. The van der Waals surface area contributed by atoms with Gasteiger partial charge in [0.1, 0.15) is 11.6 Å². The second kappa shape index (κ2) is 6.25. The van der Waals surface area contributed by atoms with E-state index in [1.807, 2.05) is 13.1 Å². The molecule has 0 atom stereocenters. The van der Waals surface area contributed by atoms with E-state index >= 15 is 0 Å². The minimum absolute atomic E-state index is 0.0668. The smallest absolute Gasteiger partial charge is 0.136 e. The van der Waals surface area contributed by atoms with Crippen LogP contribution < -0.4 is 5.32 Å². The van der Waals surface area contributed by atoms with Crippen LogP contribution in [0.15, 0.2) is 30.3 Å². The van der Waals surface area contributed by atoms with Crippen LogP contribution in [0.3, 0.4) is 0 Å². The van der Waals surface area contributed by atoms with Gasteiger partial charge in [0.15, 0.2) is 0 Å². The number of aromatic nitrogens is 2. The average molecular weight is 283 g/mol. The Hall–Kier alpha value is -1.90. The molecule has 0 saturated heterocycles. The fraction of sp³-hybridized carbons (Fsp3) is 0.444. The molecule has 0 aliphatic heterocycles.